The van der Waals surface area contributed by atoms with Gasteiger partial charge in [-0.05, 0) is 44.5 Å². The molecule has 0 aliphatic heterocycles. The summed E-state index contributed by atoms with van der Waals surface area (Å²) in [6.07, 6.45) is -4.78. The fourth-order valence-corrected chi connectivity index (χ4v) is 3.96. The van der Waals surface area contributed by atoms with Crippen molar-refractivity contribution in [3.05, 3.63) is 92.9 Å². The van der Waals surface area contributed by atoms with Crippen LogP contribution < -0.4 is 10.7 Å². The normalized spacial score (nSPS) is 12.5. The lowest BCUT2D eigenvalue weighted by molar-refractivity contribution is -0.141. The quantitative estimate of drug-likeness (QED) is 0.344. The van der Waals surface area contributed by atoms with Gasteiger partial charge in [-0.1, -0.05) is 36.4 Å². The molecule has 2 aromatic heterocycles. The average molecular weight is 482 g/mol. The molecule has 6 nitrogen and oxygen atoms in total. The Bertz CT molecular complexity index is 1490. The molecular weight excluding hydrogens is 461 g/mol. The second-order valence-corrected chi connectivity index (χ2v) is 8.24. The lowest BCUT2D eigenvalue weighted by atomic mass is 9.98. The number of carboxylic acid groups (broad SMARTS) is 1. The maximum absolute atomic E-state index is 13.2. The van der Waals surface area contributed by atoms with Gasteiger partial charge in [-0.25, -0.2) is 9.78 Å². The van der Waals surface area contributed by atoms with E-state index in [1.54, 1.807) is 32.9 Å². The largest absolute Gasteiger partial charge is 0.476 e. The molecule has 35 heavy (non-hydrogen) atoms. The highest BCUT2D eigenvalue weighted by Gasteiger charge is 2.34. The maximum atomic E-state index is 13.2. The summed E-state index contributed by atoms with van der Waals surface area (Å²) >= 11 is 0. The van der Waals surface area contributed by atoms with Gasteiger partial charge < -0.3 is 14.8 Å². The molecule has 0 saturated carbocycles. The Morgan fingerprint density at radius 1 is 1.09 bits per heavy atom. The molecule has 0 spiro atoms. The molecule has 2 heterocycles. The summed E-state index contributed by atoms with van der Waals surface area (Å²) in [6, 6.07) is 13.7. The van der Waals surface area contributed by atoms with Crippen molar-refractivity contribution in [2.24, 2.45) is 0 Å². The van der Waals surface area contributed by atoms with E-state index in [-0.39, 0.29) is 11.1 Å². The van der Waals surface area contributed by atoms with E-state index in [1.165, 1.54) is 0 Å². The Kier molecular flexibility index (Phi) is 6.10. The van der Waals surface area contributed by atoms with Gasteiger partial charge in [-0.2, -0.15) is 13.2 Å². The summed E-state index contributed by atoms with van der Waals surface area (Å²) in [6.45, 7) is 5.18. The van der Waals surface area contributed by atoms with Crippen LogP contribution in [0.3, 0.4) is 0 Å². The molecule has 0 fully saturated rings. The van der Waals surface area contributed by atoms with E-state index < -0.39 is 29.6 Å². The average Bonchev–Trinajstić information content (AvgIpc) is 2.81. The van der Waals surface area contributed by atoms with E-state index in [2.05, 4.69) is 10.3 Å². The molecule has 4 rings (SSSR count). The molecule has 1 unspecified atom stereocenters. The number of pyridine rings is 1. The number of benzene rings is 2. The Balaban J connectivity index is 1.85. The summed E-state index contributed by atoms with van der Waals surface area (Å²) in [5.74, 6) is -1.20. The highest BCUT2D eigenvalue weighted by molar-refractivity contribution is 5.92. The number of anilines is 1. The first-order chi connectivity index (χ1) is 16.5. The summed E-state index contributed by atoms with van der Waals surface area (Å²) < 4.78 is 45.3. The first kappa shape index (κ1) is 24.0. The van der Waals surface area contributed by atoms with Crippen molar-refractivity contribution in [2.45, 2.75) is 33.0 Å². The van der Waals surface area contributed by atoms with Crippen molar-refractivity contribution < 1.29 is 27.5 Å². The van der Waals surface area contributed by atoms with Gasteiger partial charge in [0.15, 0.2) is 11.1 Å². The Hall–Kier alpha value is -4.14. The Labute approximate surface area is 198 Å². The van der Waals surface area contributed by atoms with E-state index in [4.69, 9.17) is 4.42 Å². The molecule has 2 aromatic carbocycles. The highest BCUT2D eigenvalue weighted by atomic mass is 19.4. The topological polar surface area (TPSA) is 92.4 Å². The van der Waals surface area contributed by atoms with Crippen molar-refractivity contribution in [3.8, 4) is 11.3 Å². The fourth-order valence-electron chi connectivity index (χ4n) is 3.96. The van der Waals surface area contributed by atoms with Crippen molar-refractivity contribution >= 4 is 22.6 Å². The number of nitrogens with one attached hydrogen (secondary N) is 1. The SMILES string of the molecule is Cc1cc(C(C)Nc2ccc(C(F)(F)F)nc2C(=O)O)c2oc(-c3ccccc3)c(C)c(=O)c2c1. The predicted octanol–water partition coefficient (Wildman–Crippen LogP) is 6.36. The number of rotatable bonds is 5. The minimum atomic E-state index is -4.78. The first-order valence-electron chi connectivity index (χ1n) is 10.7. The lowest BCUT2D eigenvalue weighted by Gasteiger charge is -2.20. The van der Waals surface area contributed by atoms with Crippen LogP contribution in [0.5, 0.6) is 0 Å². The van der Waals surface area contributed by atoms with Gasteiger partial charge in [-0.3, -0.25) is 4.79 Å². The number of fused-ring (bicyclic) bond motifs is 1. The zero-order chi connectivity index (χ0) is 25.5. The molecule has 0 bridgehead atoms. The van der Waals surface area contributed by atoms with Gasteiger partial charge in [0.2, 0.25) is 0 Å². The molecule has 4 aromatic rings. The molecule has 0 aliphatic rings. The van der Waals surface area contributed by atoms with Crippen LogP contribution in [0.25, 0.3) is 22.3 Å². The number of halogens is 3. The molecule has 1 atom stereocenters. The van der Waals surface area contributed by atoms with Crippen LogP contribution in [-0.2, 0) is 6.18 Å². The summed E-state index contributed by atoms with van der Waals surface area (Å²) in [7, 11) is 0. The number of carbonyl (C=O) groups is 1. The van der Waals surface area contributed by atoms with Gasteiger partial charge in [0, 0.05) is 16.7 Å². The Morgan fingerprint density at radius 3 is 2.40 bits per heavy atom. The second-order valence-electron chi connectivity index (χ2n) is 8.24. The van der Waals surface area contributed by atoms with E-state index >= 15 is 0 Å². The van der Waals surface area contributed by atoms with E-state index in [9.17, 15) is 27.9 Å². The Morgan fingerprint density at radius 2 is 1.77 bits per heavy atom. The second kappa shape index (κ2) is 8.90. The molecule has 0 amide bonds. The van der Waals surface area contributed by atoms with Gasteiger partial charge in [0.25, 0.3) is 0 Å². The van der Waals surface area contributed by atoms with Crippen LogP contribution in [-0.4, -0.2) is 16.1 Å². The summed E-state index contributed by atoms with van der Waals surface area (Å²) in [4.78, 5) is 28.1. The summed E-state index contributed by atoms with van der Waals surface area (Å²) in [5.41, 5.74) is 0.429. The van der Waals surface area contributed by atoms with Gasteiger partial charge >= 0.3 is 12.1 Å². The zero-order valence-corrected chi connectivity index (χ0v) is 19.0. The van der Waals surface area contributed by atoms with Crippen LogP contribution in [0.1, 0.15) is 45.8 Å². The van der Waals surface area contributed by atoms with Gasteiger partial charge in [0.05, 0.1) is 17.1 Å². The molecule has 9 heteroatoms. The monoisotopic (exact) mass is 482 g/mol. The third kappa shape index (κ3) is 4.62. The van der Waals surface area contributed by atoms with E-state index in [0.29, 0.717) is 33.9 Å². The van der Waals surface area contributed by atoms with Crippen LogP contribution in [0.15, 0.2) is 63.8 Å². The van der Waals surface area contributed by atoms with Crippen LogP contribution in [0.2, 0.25) is 0 Å². The third-order valence-electron chi connectivity index (χ3n) is 5.65. The van der Waals surface area contributed by atoms with Crippen LogP contribution >= 0.6 is 0 Å². The first-order valence-corrected chi connectivity index (χ1v) is 10.7. The van der Waals surface area contributed by atoms with Crippen LogP contribution in [0, 0.1) is 13.8 Å². The van der Waals surface area contributed by atoms with Crippen molar-refractivity contribution in [1.29, 1.82) is 0 Å². The number of carboxylic acids is 1. The lowest BCUT2D eigenvalue weighted by Crippen LogP contribution is -2.17. The fraction of sp³-hybridized carbons (Fsp3) is 0.192. The molecule has 2 N–H and O–H groups in total. The predicted molar refractivity (Wildman–Crippen MR) is 126 cm³/mol. The standard InChI is InChI=1S/C26H21F3N2O4/c1-13-11-17(15(3)30-19-9-10-20(26(27,28)29)31-21(19)25(33)34)24-18(12-13)22(32)14(2)23(35-24)16-7-5-4-6-8-16/h4-12,15,30H,1-3H3,(H,33,34). The molecule has 0 aliphatic carbocycles. The van der Waals surface area contributed by atoms with Crippen molar-refractivity contribution in [2.75, 3.05) is 5.32 Å². The number of nitrogens with zero attached hydrogens (tertiary/aromatic N) is 1. The third-order valence-corrected chi connectivity index (χ3v) is 5.65. The minimum Gasteiger partial charge on any atom is -0.476 e. The number of hydrogen-bond donors (Lipinski definition) is 2. The smallest absolute Gasteiger partial charge is 0.433 e. The molecule has 0 radical (unpaired) electrons. The number of alkyl halides is 3. The van der Waals surface area contributed by atoms with Gasteiger partial charge in [-0.15, -0.1) is 0 Å². The highest BCUT2D eigenvalue weighted by Crippen LogP contribution is 2.34. The molecular formula is C26H21F3N2O4. The van der Waals surface area contributed by atoms with Crippen molar-refractivity contribution in [1.82, 2.24) is 4.98 Å². The van der Waals surface area contributed by atoms with E-state index in [1.807, 2.05) is 30.3 Å². The number of aryl methyl sites for hydroxylation is 1. The number of aromatic nitrogens is 1. The number of aromatic carboxylic acids is 1. The van der Waals surface area contributed by atoms with Crippen LogP contribution in [0.4, 0.5) is 18.9 Å². The molecule has 0 saturated heterocycles. The molecule has 180 valence electrons. The minimum absolute atomic E-state index is 0.0922. The van der Waals surface area contributed by atoms with Gasteiger partial charge in [0.1, 0.15) is 17.0 Å². The number of hydrogen-bond acceptors (Lipinski definition) is 5. The zero-order valence-electron chi connectivity index (χ0n) is 19.0. The summed E-state index contributed by atoms with van der Waals surface area (Å²) in [5, 5.41) is 12.7. The maximum Gasteiger partial charge on any atom is 0.433 e. The van der Waals surface area contributed by atoms with E-state index in [0.717, 1.165) is 17.2 Å². The van der Waals surface area contributed by atoms with Crippen molar-refractivity contribution in [3.63, 3.8) is 0 Å².